The van der Waals surface area contributed by atoms with E-state index in [4.69, 9.17) is 5.73 Å². The van der Waals surface area contributed by atoms with Crippen molar-refractivity contribution in [3.63, 3.8) is 0 Å². The van der Waals surface area contributed by atoms with E-state index in [-0.39, 0.29) is 11.7 Å². The molecule has 0 unspecified atom stereocenters. The molecule has 0 spiro atoms. The maximum absolute atomic E-state index is 12.1. The number of nitrogens with two attached hydrogens (primary N) is 1. The zero-order chi connectivity index (χ0) is 14.0. The average molecular weight is 368 g/mol. The number of anilines is 2. The molecule has 0 atom stereocenters. The highest BCUT2D eigenvalue weighted by Crippen LogP contribution is 2.22. The van der Waals surface area contributed by atoms with Crippen LogP contribution in [0.4, 0.5) is 11.4 Å². The van der Waals surface area contributed by atoms with Gasteiger partial charge in [-0.15, -0.1) is 0 Å². The number of nitrogens with one attached hydrogen (secondary N) is 1. The molecule has 98 valence electrons. The number of phenolic OH excluding ortho intramolecular Hbond substituents is 1. The first kappa shape index (κ1) is 13.7. The Morgan fingerprint density at radius 3 is 2.68 bits per heavy atom. The van der Waals surface area contributed by atoms with Gasteiger partial charge >= 0.3 is 0 Å². The maximum Gasteiger partial charge on any atom is 0.255 e. The first-order chi connectivity index (χ1) is 8.97. The summed E-state index contributed by atoms with van der Waals surface area (Å²) in [5.74, 6) is -0.182. The number of nitrogen functional groups attached to an aromatic ring is 1. The van der Waals surface area contributed by atoms with Crippen LogP contribution in [-0.4, -0.2) is 11.0 Å². The van der Waals surface area contributed by atoms with Crippen LogP contribution in [0.25, 0.3) is 0 Å². The zero-order valence-corrected chi connectivity index (χ0v) is 12.4. The van der Waals surface area contributed by atoms with Crippen molar-refractivity contribution in [2.75, 3.05) is 11.1 Å². The van der Waals surface area contributed by atoms with Crippen LogP contribution in [0, 0.1) is 10.5 Å². The first-order valence-corrected chi connectivity index (χ1v) is 6.71. The molecular formula is C14H13IN2O2. The van der Waals surface area contributed by atoms with Crippen LogP contribution >= 0.6 is 22.6 Å². The minimum absolute atomic E-state index is 0.0950. The van der Waals surface area contributed by atoms with Gasteiger partial charge in [-0.3, -0.25) is 4.79 Å². The second-order valence-electron chi connectivity index (χ2n) is 4.19. The van der Waals surface area contributed by atoms with E-state index in [1.165, 1.54) is 6.07 Å². The van der Waals surface area contributed by atoms with E-state index >= 15 is 0 Å². The normalized spacial score (nSPS) is 10.2. The second-order valence-corrected chi connectivity index (χ2v) is 5.36. The Balaban J connectivity index is 2.25. The quantitative estimate of drug-likeness (QED) is 0.563. The number of aryl methyl sites for hydroxylation is 1. The minimum atomic E-state index is -0.277. The lowest BCUT2D eigenvalue weighted by molar-refractivity contribution is 0.102. The van der Waals surface area contributed by atoms with Crippen molar-refractivity contribution in [2.45, 2.75) is 6.92 Å². The summed E-state index contributed by atoms with van der Waals surface area (Å²) in [4.78, 5) is 12.1. The molecule has 1 amide bonds. The number of amides is 1. The van der Waals surface area contributed by atoms with Gasteiger partial charge < -0.3 is 16.2 Å². The Labute approximate surface area is 124 Å². The van der Waals surface area contributed by atoms with Crippen molar-refractivity contribution in [1.29, 1.82) is 0 Å². The fraction of sp³-hybridized carbons (Fsp3) is 0.0714. The number of phenols is 1. The molecule has 2 aromatic rings. The molecule has 4 N–H and O–H groups in total. The minimum Gasteiger partial charge on any atom is -0.507 e. The van der Waals surface area contributed by atoms with Gasteiger partial charge in [0.15, 0.2) is 0 Å². The smallest absolute Gasteiger partial charge is 0.255 e. The average Bonchev–Trinajstić information content (AvgIpc) is 2.37. The number of carbonyl (C=O) groups is 1. The molecule has 19 heavy (non-hydrogen) atoms. The zero-order valence-electron chi connectivity index (χ0n) is 10.3. The predicted octanol–water partition coefficient (Wildman–Crippen LogP) is 3.14. The maximum atomic E-state index is 12.1. The molecular weight excluding hydrogens is 355 g/mol. The fourth-order valence-corrected chi connectivity index (χ4v) is 1.96. The molecule has 0 bridgehead atoms. The summed E-state index contributed by atoms with van der Waals surface area (Å²) in [6.45, 7) is 1.89. The Morgan fingerprint density at radius 2 is 2.00 bits per heavy atom. The van der Waals surface area contributed by atoms with Gasteiger partial charge in [0.25, 0.3) is 5.91 Å². The summed E-state index contributed by atoms with van der Waals surface area (Å²) in [6, 6.07) is 10.1. The molecule has 0 aromatic heterocycles. The van der Waals surface area contributed by atoms with Crippen molar-refractivity contribution in [2.24, 2.45) is 0 Å². The molecule has 0 heterocycles. The Bertz CT molecular complexity index is 641. The highest BCUT2D eigenvalue weighted by Gasteiger charge is 2.10. The summed E-state index contributed by atoms with van der Waals surface area (Å²) >= 11 is 2.00. The molecule has 0 fully saturated rings. The monoisotopic (exact) mass is 368 g/mol. The highest BCUT2D eigenvalue weighted by atomic mass is 127. The number of rotatable bonds is 2. The van der Waals surface area contributed by atoms with Crippen molar-refractivity contribution in [1.82, 2.24) is 0 Å². The SMILES string of the molecule is Cc1ccc(N)cc1NC(=O)c1ccc(I)c(O)c1. The number of halogens is 1. The molecule has 0 radical (unpaired) electrons. The number of hydrogen-bond donors (Lipinski definition) is 3. The van der Waals surface area contributed by atoms with Gasteiger partial charge in [0, 0.05) is 16.9 Å². The van der Waals surface area contributed by atoms with Crippen LogP contribution in [0.15, 0.2) is 36.4 Å². The van der Waals surface area contributed by atoms with E-state index in [0.717, 1.165) is 5.56 Å². The fourth-order valence-electron chi connectivity index (χ4n) is 1.62. The number of hydrogen-bond acceptors (Lipinski definition) is 3. The Kier molecular flexibility index (Phi) is 3.94. The summed E-state index contributed by atoms with van der Waals surface area (Å²) in [5, 5.41) is 12.4. The summed E-state index contributed by atoms with van der Waals surface area (Å²) < 4.78 is 0.703. The van der Waals surface area contributed by atoms with E-state index in [1.54, 1.807) is 24.3 Å². The molecule has 4 nitrogen and oxygen atoms in total. The van der Waals surface area contributed by atoms with Gasteiger partial charge in [0.1, 0.15) is 5.75 Å². The lowest BCUT2D eigenvalue weighted by atomic mass is 10.1. The van der Waals surface area contributed by atoms with Gasteiger partial charge in [-0.2, -0.15) is 0 Å². The molecule has 0 saturated heterocycles. The van der Waals surface area contributed by atoms with E-state index in [2.05, 4.69) is 5.32 Å². The molecule has 0 aliphatic rings. The summed E-state index contributed by atoms with van der Waals surface area (Å²) in [7, 11) is 0. The van der Waals surface area contributed by atoms with Gasteiger partial charge in [-0.25, -0.2) is 0 Å². The molecule has 0 saturated carbocycles. The molecule has 5 heteroatoms. The summed E-state index contributed by atoms with van der Waals surface area (Å²) in [6.07, 6.45) is 0. The number of carbonyl (C=O) groups excluding carboxylic acids is 1. The van der Waals surface area contributed by atoms with Gasteiger partial charge in [-0.05, 0) is 65.4 Å². The van der Waals surface area contributed by atoms with Crippen LogP contribution in [0.1, 0.15) is 15.9 Å². The third-order valence-electron chi connectivity index (χ3n) is 2.72. The standard InChI is InChI=1S/C14H13IN2O2/c1-8-2-4-10(16)7-12(8)17-14(19)9-3-5-11(15)13(18)6-9/h2-7,18H,16H2,1H3,(H,17,19). The van der Waals surface area contributed by atoms with E-state index < -0.39 is 0 Å². The highest BCUT2D eigenvalue weighted by molar-refractivity contribution is 14.1. The Hall–Kier alpha value is -1.76. The first-order valence-electron chi connectivity index (χ1n) is 5.63. The van der Waals surface area contributed by atoms with Crippen molar-refractivity contribution in [3.8, 4) is 5.75 Å². The Morgan fingerprint density at radius 1 is 1.26 bits per heavy atom. The lowest BCUT2D eigenvalue weighted by Crippen LogP contribution is -2.13. The van der Waals surface area contributed by atoms with Crippen LogP contribution in [-0.2, 0) is 0 Å². The van der Waals surface area contributed by atoms with Crippen LogP contribution in [0.3, 0.4) is 0 Å². The topological polar surface area (TPSA) is 75.3 Å². The van der Waals surface area contributed by atoms with E-state index in [0.29, 0.717) is 20.5 Å². The molecule has 2 aromatic carbocycles. The van der Waals surface area contributed by atoms with Crippen LogP contribution in [0.5, 0.6) is 5.75 Å². The van der Waals surface area contributed by atoms with Crippen LogP contribution in [0.2, 0.25) is 0 Å². The second kappa shape index (κ2) is 5.48. The van der Waals surface area contributed by atoms with Crippen molar-refractivity contribution < 1.29 is 9.90 Å². The molecule has 0 aliphatic heterocycles. The summed E-state index contributed by atoms with van der Waals surface area (Å²) in [5.41, 5.74) is 8.28. The van der Waals surface area contributed by atoms with Crippen LogP contribution < -0.4 is 11.1 Å². The van der Waals surface area contributed by atoms with Crippen molar-refractivity contribution in [3.05, 3.63) is 51.1 Å². The third kappa shape index (κ3) is 3.17. The molecule has 0 aliphatic carbocycles. The molecule has 2 rings (SSSR count). The van der Waals surface area contributed by atoms with E-state index in [9.17, 15) is 9.90 Å². The third-order valence-corrected chi connectivity index (χ3v) is 3.63. The lowest BCUT2D eigenvalue weighted by Gasteiger charge is -2.09. The van der Waals surface area contributed by atoms with Gasteiger partial charge in [-0.1, -0.05) is 6.07 Å². The van der Waals surface area contributed by atoms with Gasteiger partial charge in [0.2, 0.25) is 0 Å². The predicted molar refractivity (Wildman–Crippen MR) is 84.4 cm³/mol. The largest absolute Gasteiger partial charge is 0.507 e. The number of aromatic hydroxyl groups is 1. The van der Waals surface area contributed by atoms with Gasteiger partial charge in [0.05, 0.1) is 3.57 Å². The van der Waals surface area contributed by atoms with E-state index in [1.807, 2.05) is 35.6 Å². The number of benzene rings is 2. The van der Waals surface area contributed by atoms with Crippen molar-refractivity contribution >= 4 is 39.9 Å².